The fourth-order valence-corrected chi connectivity index (χ4v) is 5.54. The van der Waals surface area contributed by atoms with Gasteiger partial charge in [-0.2, -0.15) is 4.98 Å². The lowest BCUT2D eigenvalue weighted by Crippen LogP contribution is -2.34. The fraction of sp³-hybridized carbons (Fsp3) is 0.464. The minimum atomic E-state index is -0.734. The molecular formula is C28H33ClN4O3. The molecule has 36 heavy (non-hydrogen) atoms. The SMILES string of the molecule is CC(C)(C(=O)O)C1CCC(=COc2nc3nc(-c4ccc(N5CCCCC5)cc4)c(Cl)cc3[nH]2)CC1. The number of carboxylic acid groups (broad SMARTS) is 1. The van der Waals surface area contributed by atoms with Gasteiger partial charge in [-0.3, -0.25) is 4.79 Å². The first kappa shape index (κ1) is 24.6. The van der Waals surface area contributed by atoms with Gasteiger partial charge in [0, 0.05) is 24.3 Å². The maximum absolute atomic E-state index is 11.5. The third kappa shape index (κ3) is 5.07. The number of ether oxygens (including phenoxy) is 1. The second-order valence-corrected chi connectivity index (χ2v) is 10.9. The van der Waals surface area contributed by atoms with E-state index >= 15 is 0 Å². The largest absolute Gasteiger partial charge is 0.481 e. The molecule has 0 radical (unpaired) electrons. The molecule has 1 aromatic carbocycles. The predicted octanol–water partition coefficient (Wildman–Crippen LogP) is 6.83. The van der Waals surface area contributed by atoms with E-state index < -0.39 is 11.4 Å². The topological polar surface area (TPSA) is 91.3 Å². The Kier molecular flexibility index (Phi) is 6.93. The van der Waals surface area contributed by atoms with Crippen LogP contribution in [0.2, 0.25) is 5.02 Å². The number of imidazole rings is 1. The maximum Gasteiger partial charge on any atom is 0.309 e. The van der Waals surface area contributed by atoms with Crippen LogP contribution in [0.5, 0.6) is 6.01 Å². The van der Waals surface area contributed by atoms with Crippen LogP contribution in [0.4, 0.5) is 5.69 Å². The Bertz CT molecular complexity index is 1270. The van der Waals surface area contributed by atoms with Gasteiger partial charge in [0.15, 0.2) is 5.65 Å². The normalized spacial score (nSPS) is 18.9. The summed E-state index contributed by atoms with van der Waals surface area (Å²) in [5.41, 5.74) is 4.61. The van der Waals surface area contributed by atoms with Crippen LogP contribution in [0.25, 0.3) is 22.4 Å². The number of allylic oxidation sites excluding steroid dienone is 1. The van der Waals surface area contributed by atoms with Gasteiger partial charge in [0.05, 0.1) is 27.9 Å². The van der Waals surface area contributed by atoms with Crippen LogP contribution >= 0.6 is 11.6 Å². The number of carbonyl (C=O) groups is 1. The quantitative estimate of drug-likeness (QED) is 0.354. The highest BCUT2D eigenvalue weighted by Gasteiger charge is 2.37. The van der Waals surface area contributed by atoms with E-state index in [4.69, 9.17) is 21.3 Å². The number of aromatic amines is 1. The monoisotopic (exact) mass is 508 g/mol. The van der Waals surface area contributed by atoms with Crippen molar-refractivity contribution in [3.63, 3.8) is 0 Å². The Hall–Kier alpha value is -3.06. The molecule has 8 heteroatoms. The molecule has 1 aliphatic heterocycles. The summed E-state index contributed by atoms with van der Waals surface area (Å²) in [6.07, 6.45) is 8.87. The zero-order valence-corrected chi connectivity index (χ0v) is 21.6. The number of hydrogen-bond donors (Lipinski definition) is 2. The van der Waals surface area contributed by atoms with Crippen LogP contribution in [0.1, 0.15) is 58.8 Å². The van der Waals surface area contributed by atoms with Gasteiger partial charge in [0.25, 0.3) is 0 Å². The minimum Gasteiger partial charge on any atom is -0.481 e. The van der Waals surface area contributed by atoms with Gasteiger partial charge in [0.1, 0.15) is 0 Å². The van der Waals surface area contributed by atoms with Gasteiger partial charge in [-0.25, -0.2) is 4.98 Å². The van der Waals surface area contributed by atoms with Crippen molar-refractivity contribution in [3.05, 3.63) is 47.2 Å². The van der Waals surface area contributed by atoms with Gasteiger partial charge in [-0.1, -0.05) is 23.7 Å². The molecule has 2 fully saturated rings. The minimum absolute atomic E-state index is 0.164. The van der Waals surface area contributed by atoms with Crippen molar-refractivity contribution in [1.29, 1.82) is 0 Å². The molecule has 1 saturated carbocycles. The first-order valence-electron chi connectivity index (χ1n) is 12.8. The number of halogens is 1. The van der Waals surface area contributed by atoms with Gasteiger partial charge >= 0.3 is 12.0 Å². The maximum atomic E-state index is 11.5. The lowest BCUT2D eigenvalue weighted by molar-refractivity contribution is -0.150. The lowest BCUT2D eigenvalue weighted by Gasteiger charge is -2.34. The Balaban J connectivity index is 1.27. The van der Waals surface area contributed by atoms with E-state index in [-0.39, 0.29) is 5.92 Å². The molecule has 0 amide bonds. The average Bonchev–Trinajstić information content (AvgIpc) is 3.29. The Labute approximate surface area is 216 Å². The number of anilines is 1. The van der Waals surface area contributed by atoms with Crippen molar-refractivity contribution in [1.82, 2.24) is 15.0 Å². The van der Waals surface area contributed by atoms with E-state index in [0.717, 1.165) is 49.9 Å². The summed E-state index contributed by atoms with van der Waals surface area (Å²) in [4.78, 5) is 26.3. The van der Waals surface area contributed by atoms with Crippen LogP contribution in [0.3, 0.4) is 0 Å². The van der Waals surface area contributed by atoms with Crippen molar-refractivity contribution in [2.45, 2.75) is 58.8 Å². The first-order chi connectivity index (χ1) is 17.3. The molecule has 3 heterocycles. The summed E-state index contributed by atoms with van der Waals surface area (Å²) >= 11 is 6.59. The Morgan fingerprint density at radius 3 is 2.50 bits per heavy atom. The number of fused-ring (bicyclic) bond motifs is 1. The molecule has 1 aliphatic carbocycles. The number of aliphatic carboxylic acids is 1. The molecule has 5 rings (SSSR count). The van der Waals surface area contributed by atoms with Gasteiger partial charge in [-0.15, -0.1) is 0 Å². The van der Waals surface area contributed by atoms with E-state index in [0.29, 0.717) is 27.9 Å². The van der Waals surface area contributed by atoms with Crippen LogP contribution < -0.4 is 9.64 Å². The van der Waals surface area contributed by atoms with E-state index in [2.05, 4.69) is 39.1 Å². The van der Waals surface area contributed by atoms with Gasteiger partial charge in [-0.05, 0) is 88.5 Å². The number of carboxylic acids is 1. The molecular weight excluding hydrogens is 476 g/mol. The third-order valence-electron chi connectivity index (χ3n) is 7.80. The summed E-state index contributed by atoms with van der Waals surface area (Å²) in [5.74, 6) is -0.570. The van der Waals surface area contributed by atoms with E-state index in [9.17, 15) is 9.90 Å². The second-order valence-electron chi connectivity index (χ2n) is 10.5. The summed E-state index contributed by atoms with van der Waals surface area (Å²) in [5, 5.41) is 10.0. The second kappa shape index (κ2) is 10.1. The van der Waals surface area contributed by atoms with Gasteiger partial charge in [0.2, 0.25) is 0 Å². The van der Waals surface area contributed by atoms with Crippen LogP contribution in [0, 0.1) is 11.3 Å². The Morgan fingerprint density at radius 2 is 1.83 bits per heavy atom. The highest BCUT2D eigenvalue weighted by molar-refractivity contribution is 6.33. The zero-order valence-electron chi connectivity index (χ0n) is 20.9. The molecule has 2 N–H and O–H groups in total. The molecule has 2 aromatic heterocycles. The number of aromatic nitrogens is 3. The van der Waals surface area contributed by atoms with E-state index in [1.54, 1.807) is 6.26 Å². The highest BCUT2D eigenvalue weighted by Crippen LogP contribution is 2.40. The summed E-state index contributed by atoms with van der Waals surface area (Å²) in [7, 11) is 0. The first-order valence-corrected chi connectivity index (χ1v) is 13.2. The van der Waals surface area contributed by atoms with Crippen molar-refractivity contribution in [2.75, 3.05) is 18.0 Å². The molecule has 2 aliphatic rings. The van der Waals surface area contributed by atoms with Crippen molar-refractivity contribution in [2.24, 2.45) is 11.3 Å². The summed E-state index contributed by atoms with van der Waals surface area (Å²) in [6, 6.07) is 10.6. The summed E-state index contributed by atoms with van der Waals surface area (Å²) in [6.45, 7) is 5.85. The number of H-pyrrole nitrogens is 1. The smallest absolute Gasteiger partial charge is 0.309 e. The van der Waals surface area contributed by atoms with Crippen LogP contribution in [0.15, 0.2) is 42.2 Å². The molecule has 0 bridgehead atoms. The summed E-state index contributed by atoms with van der Waals surface area (Å²) < 4.78 is 5.83. The predicted molar refractivity (Wildman–Crippen MR) is 142 cm³/mol. The number of nitrogens with one attached hydrogen (secondary N) is 1. The van der Waals surface area contributed by atoms with E-state index in [1.807, 2.05) is 19.9 Å². The zero-order chi connectivity index (χ0) is 25.3. The molecule has 0 spiro atoms. The van der Waals surface area contributed by atoms with Crippen LogP contribution in [-0.2, 0) is 4.79 Å². The number of pyridine rings is 1. The molecule has 190 valence electrons. The van der Waals surface area contributed by atoms with Crippen LogP contribution in [-0.4, -0.2) is 39.1 Å². The highest BCUT2D eigenvalue weighted by atomic mass is 35.5. The number of nitrogens with zero attached hydrogens (tertiary/aromatic N) is 3. The lowest BCUT2D eigenvalue weighted by atomic mass is 9.70. The molecule has 1 saturated heterocycles. The molecule has 0 unspecified atom stereocenters. The number of piperidine rings is 1. The molecule has 7 nitrogen and oxygen atoms in total. The number of rotatable bonds is 6. The third-order valence-corrected chi connectivity index (χ3v) is 8.09. The fourth-order valence-electron chi connectivity index (χ4n) is 5.28. The van der Waals surface area contributed by atoms with Crippen molar-refractivity contribution >= 4 is 34.4 Å². The van der Waals surface area contributed by atoms with E-state index in [1.165, 1.54) is 24.9 Å². The molecule has 3 aromatic rings. The standard InChI is InChI=1S/C28H33ClN4O3/c1-28(2,26(34)35)20-10-6-18(7-11-20)17-36-27-30-23-16-22(29)24(31-25(23)32-27)19-8-12-21(13-9-19)33-14-4-3-5-15-33/h8-9,12-13,16-17,20H,3-7,10-11,14-15H2,1-2H3,(H,34,35)(H,30,31,32). The average molecular weight is 509 g/mol. The Morgan fingerprint density at radius 1 is 1.14 bits per heavy atom. The van der Waals surface area contributed by atoms with Crippen molar-refractivity contribution < 1.29 is 14.6 Å². The molecule has 0 atom stereocenters. The number of hydrogen-bond acceptors (Lipinski definition) is 5. The van der Waals surface area contributed by atoms with Crippen molar-refractivity contribution in [3.8, 4) is 17.3 Å². The van der Waals surface area contributed by atoms with Gasteiger partial charge < -0.3 is 19.7 Å². The number of benzene rings is 1.